The first-order valence-electron chi connectivity index (χ1n) is 7.32. The number of hydrogen-bond acceptors (Lipinski definition) is 4. The zero-order valence-corrected chi connectivity index (χ0v) is 12.4. The molecule has 0 aromatic rings. The zero-order valence-electron chi connectivity index (χ0n) is 12.4. The molecule has 1 saturated carbocycles. The van der Waals surface area contributed by atoms with Gasteiger partial charge in [-0.05, 0) is 39.3 Å². The topological polar surface area (TPSA) is 67.6 Å². The smallest absolute Gasteiger partial charge is 0.220 e. The maximum absolute atomic E-state index is 11.7. The third kappa shape index (κ3) is 8.18. The fraction of sp³-hybridized carbons (Fsp3) is 0.929. The molecule has 1 fully saturated rings. The Balaban J connectivity index is 1.98. The van der Waals surface area contributed by atoms with Crippen LogP contribution in [0.4, 0.5) is 0 Å². The van der Waals surface area contributed by atoms with E-state index < -0.39 is 0 Å². The van der Waals surface area contributed by atoms with E-state index in [1.165, 1.54) is 0 Å². The molecule has 0 spiro atoms. The highest BCUT2D eigenvalue weighted by atomic mass is 16.5. The highest BCUT2D eigenvalue weighted by Crippen LogP contribution is 2.25. The molecule has 5 nitrogen and oxygen atoms in total. The minimum Gasteiger partial charge on any atom is -0.378 e. The zero-order chi connectivity index (χ0) is 14.1. The van der Waals surface area contributed by atoms with E-state index in [9.17, 15) is 4.79 Å². The number of hydrogen-bond donors (Lipinski definition) is 2. The molecule has 19 heavy (non-hydrogen) atoms. The Morgan fingerprint density at radius 1 is 1.37 bits per heavy atom. The lowest BCUT2D eigenvalue weighted by Crippen LogP contribution is -2.33. The number of nitrogens with one attached hydrogen (secondary N) is 1. The first kappa shape index (κ1) is 16.4. The fourth-order valence-corrected chi connectivity index (χ4v) is 2.46. The molecule has 2 atom stereocenters. The molecular weight excluding hydrogens is 242 g/mol. The van der Waals surface area contributed by atoms with Crippen LogP contribution in [-0.2, 0) is 9.53 Å². The Kier molecular flexibility index (Phi) is 8.02. The maximum atomic E-state index is 11.7. The predicted molar refractivity (Wildman–Crippen MR) is 76.9 cm³/mol. The van der Waals surface area contributed by atoms with Crippen molar-refractivity contribution in [1.82, 2.24) is 10.2 Å². The van der Waals surface area contributed by atoms with Crippen molar-refractivity contribution in [3.05, 3.63) is 0 Å². The lowest BCUT2D eigenvalue weighted by molar-refractivity contribution is -0.122. The standard InChI is InChI=1S/C14H29N3O2/c1-17(2)7-9-19-8-6-16-14(18)11-12-4-3-5-13(15)10-12/h12-13H,3-11,15H2,1-2H3,(H,16,18). The summed E-state index contributed by atoms with van der Waals surface area (Å²) in [5.41, 5.74) is 5.92. The van der Waals surface area contributed by atoms with Crippen LogP contribution in [0.15, 0.2) is 0 Å². The second-order valence-corrected chi connectivity index (χ2v) is 5.76. The SMILES string of the molecule is CN(C)CCOCCNC(=O)CC1CCCC(N)C1. The van der Waals surface area contributed by atoms with E-state index in [2.05, 4.69) is 10.2 Å². The molecule has 0 heterocycles. The first-order chi connectivity index (χ1) is 9.08. The summed E-state index contributed by atoms with van der Waals surface area (Å²) >= 11 is 0. The van der Waals surface area contributed by atoms with Crippen molar-refractivity contribution in [3.63, 3.8) is 0 Å². The molecule has 0 aromatic carbocycles. The van der Waals surface area contributed by atoms with Gasteiger partial charge in [0.25, 0.3) is 0 Å². The van der Waals surface area contributed by atoms with Gasteiger partial charge in [0.1, 0.15) is 0 Å². The van der Waals surface area contributed by atoms with Crippen LogP contribution >= 0.6 is 0 Å². The second-order valence-electron chi connectivity index (χ2n) is 5.76. The maximum Gasteiger partial charge on any atom is 0.220 e. The van der Waals surface area contributed by atoms with Crippen molar-refractivity contribution >= 4 is 5.91 Å². The molecule has 1 amide bonds. The van der Waals surface area contributed by atoms with Gasteiger partial charge in [-0.15, -0.1) is 0 Å². The van der Waals surface area contributed by atoms with Gasteiger partial charge in [0.15, 0.2) is 0 Å². The molecule has 1 aliphatic carbocycles. The van der Waals surface area contributed by atoms with E-state index in [1.54, 1.807) is 0 Å². The quantitative estimate of drug-likeness (QED) is 0.634. The van der Waals surface area contributed by atoms with Gasteiger partial charge in [-0.25, -0.2) is 0 Å². The number of nitrogens with zero attached hydrogens (tertiary/aromatic N) is 1. The molecule has 1 aliphatic rings. The van der Waals surface area contributed by atoms with Crippen molar-refractivity contribution < 1.29 is 9.53 Å². The summed E-state index contributed by atoms with van der Waals surface area (Å²) in [5, 5.41) is 2.91. The van der Waals surface area contributed by atoms with Gasteiger partial charge in [-0.1, -0.05) is 6.42 Å². The number of ether oxygens (including phenoxy) is 1. The summed E-state index contributed by atoms with van der Waals surface area (Å²) in [5.74, 6) is 0.605. The van der Waals surface area contributed by atoms with Crippen LogP contribution in [0.5, 0.6) is 0 Å². The molecule has 3 N–H and O–H groups in total. The molecule has 0 aliphatic heterocycles. The lowest BCUT2D eigenvalue weighted by Gasteiger charge is -2.26. The summed E-state index contributed by atoms with van der Waals surface area (Å²) < 4.78 is 5.43. The summed E-state index contributed by atoms with van der Waals surface area (Å²) in [6.45, 7) is 2.81. The molecule has 5 heteroatoms. The molecular formula is C14H29N3O2. The highest BCUT2D eigenvalue weighted by Gasteiger charge is 2.21. The largest absolute Gasteiger partial charge is 0.378 e. The van der Waals surface area contributed by atoms with Crippen molar-refractivity contribution in [2.24, 2.45) is 11.7 Å². The Morgan fingerprint density at radius 3 is 2.84 bits per heavy atom. The lowest BCUT2D eigenvalue weighted by atomic mass is 9.84. The first-order valence-corrected chi connectivity index (χ1v) is 7.32. The van der Waals surface area contributed by atoms with Crippen LogP contribution < -0.4 is 11.1 Å². The number of rotatable bonds is 8. The average Bonchev–Trinajstić information content (AvgIpc) is 2.33. The highest BCUT2D eigenvalue weighted by molar-refractivity contribution is 5.76. The monoisotopic (exact) mass is 271 g/mol. The fourth-order valence-electron chi connectivity index (χ4n) is 2.46. The minimum absolute atomic E-state index is 0.135. The number of carbonyl (C=O) groups excluding carboxylic acids is 1. The molecule has 0 radical (unpaired) electrons. The van der Waals surface area contributed by atoms with Crippen molar-refractivity contribution in [1.29, 1.82) is 0 Å². The van der Waals surface area contributed by atoms with Gasteiger partial charge in [0.05, 0.1) is 13.2 Å². The van der Waals surface area contributed by atoms with Crippen molar-refractivity contribution in [2.75, 3.05) is 40.4 Å². The molecule has 0 saturated heterocycles. The summed E-state index contributed by atoms with van der Waals surface area (Å²) in [6, 6.07) is 0.293. The number of carbonyl (C=O) groups is 1. The van der Waals surface area contributed by atoms with E-state index >= 15 is 0 Å². The van der Waals surface area contributed by atoms with E-state index in [-0.39, 0.29) is 5.91 Å². The molecule has 112 valence electrons. The molecule has 0 bridgehead atoms. The summed E-state index contributed by atoms with van der Waals surface area (Å²) in [6.07, 6.45) is 5.02. The van der Waals surface area contributed by atoms with Gasteiger partial charge in [0.2, 0.25) is 5.91 Å². The van der Waals surface area contributed by atoms with Gasteiger partial charge in [-0.3, -0.25) is 4.79 Å². The van der Waals surface area contributed by atoms with Crippen LogP contribution in [0.25, 0.3) is 0 Å². The third-order valence-electron chi connectivity index (χ3n) is 3.55. The van der Waals surface area contributed by atoms with Crippen LogP contribution in [0.2, 0.25) is 0 Å². The third-order valence-corrected chi connectivity index (χ3v) is 3.55. The van der Waals surface area contributed by atoms with E-state index in [0.717, 1.165) is 32.2 Å². The van der Waals surface area contributed by atoms with Crippen molar-refractivity contribution in [3.8, 4) is 0 Å². The summed E-state index contributed by atoms with van der Waals surface area (Å²) in [4.78, 5) is 13.8. The Bertz CT molecular complexity index is 259. The molecule has 2 unspecified atom stereocenters. The number of amides is 1. The van der Waals surface area contributed by atoms with Gasteiger partial charge >= 0.3 is 0 Å². The van der Waals surface area contributed by atoms with Gasteiger partial charge < -0.3 is 20.7 Å². The minimum atomic E-state index is 0.135. The van der Waals surface area contributed by atoms with Crippen LogP contribution in [-0.4, -0.2) is 57.2 Å². The number of likely N-dealkylation sites (N-methyl/N-ethyl adjacent to an activating group) is 1. The van der Waals surface area contributed by atoms with Gasteiger partial charge in [-0.2, -0.15) is 0 Å². The van der Waals surface area contributed by atoms with Crippen LogP contribution in [0, 0.1) is 5.92 Å². The van der Waals surface area contributed by atoms with E-state index in [0.29, 0.717) is 38.1 Å². The normalized spacial score (nSPS) is 23.6. The molecule has 1 rings (SSSR count). The van der Waals surface area contributed by atoms with Crippen molar-refractivity contribution in [2.45, 2.75) is 38.1 Å². The van der Waals surface area contributed by atoms with E-state index in [4.69, 9.17) is 10.5 Å². The van der Waals surface area contributed by atoms with E-state index in [1.807, 2.05) is 14.1 Å². The Morgan fingerprint density at radius 2 is 2.16 bits per heavy atom. The van der Waals surface area contributed by atoms with Crippen LogP contribution in [0.3, 0.4) is 0 Å². The Hall–Kier alpha value is -0.650. The second kappa shape index (κ2) is 9.28. The Labute approximate surface area is 116 Å². The number of nitrogens with two attached hydrogens (primary N) is 1. The average molecular weight is 271 g/mol. The van der Waals surface area contributed by atoms with Gasteiger partial charge in [0, 0.05) is 25.6 Å². The van der Waals surface area contributed by atoms with Crippen LogP contribution in [0.1, 0.15) is 32.1 Å². The molecule has 0 aromatic heterocycles. The predicted octanol–water partition coefficient (Wildman–Crippen LogP) is 0.588. The summed E-state index contributed by atoms with van der Waals surface area (Å²) in [7, 11) is 4.03.